The first-order valence-electron chi connectivity index (χ1n) is 10.0. The van der Waals surface area contributed by atoms with Crippen molar-refractivity contribution in [3.63, 3.8) is 0 Å². The van der Waals surface area contributed by atoms with Gasteiger partial charge in [0.15, 0.2) is 0 Å². The molecule has 0 unspecified atom stereocenters. The van der Waals surface area contributed by atoms with Gasteiger partial charge in [-0.2, -0.15) is 4.37 Å². The van der Waals surface area contributed by atoms with Crippen molar-refractivity contribution < 1.29 is 9.72 Å². The van der Waals surface area contributed by atoms with Gasteiger partial charge in [0.05, 0.1) is 4.92 Å². The molecule has 0 radical (unpaired) electrons. The largest absolute Gasteiger partial charge is 0.343 e. The Labute approximate surface area is 193 Å². The highest BCUT2D eigenvalue weighted by molar-refractivity contribution is 7.98. The number of piperazine rings is 1. The van der Waals surface area contributed by atoms with Crippen LogP contribution >= 0.6 is 23.3 Å². The first kappa shape index (κ1) is 22.0. The molecule has 1 fully saturated rings. The maximum Gasteiger partial charge on any atom is 0.321 e. The number of nitro groups is 1. The molecule has 32 heavy (non-hydrogen) atoms. The van der Waals surface area contributed by atoms with Crippen LogP contribution < -0.4 is 10.2 Å². The summed E-state index contributed by atoms with van der Waals surface area (Å²) >= 11 is 2.94. The number of anilines is 2. The predicted molar refractivity (Wildman–Crippen MR) is 127 cm³/mol. The summed E-state index contributed by atoms with van der Waals surface area (Å²) in [6.07, 6.45) is 2.32. The summed E-state index contributed by atoms with van der Waals surface area (Å²) in [7, 11) is 0. The minimum Gasteiger partial charge on any atom is -0.343 e. The summed E-state index contributed by atoms with van der Waals surface area (Å²) in [6, 6.07) is 14.3. The number of nitrogens with zero attached hydrogens (tertiary/aromatic N) is 5. The Bertz CT molecular complexity index is 1100. The second-order valence-electron chi connectivity index (χ2n) is 7.19. The number of nitro benzene ring substituents is 1. The van der Waals surface area contributed by atoms with Crippen LogP contribution in [0.3, 0.4) is 0 Å². The Morgan fingerprint density at radius 1 is 1.16 bits per heavy atom. The average Bonchev–Trinajstić information content (AvgIpc) is 3.28. The Balaban J connectivity index is 1.32. The van der Waals surface area contributed by atoms with Gasteiger partial charge in [-0.1, -0.05) is 18.2 Å². The van der Waals surface area contributed by atoms with E-state index in [2.05, 4.69) is 19.6 Å². The SMILES string of the molecule is CSc1ccc(NC(=O)N2CCN(c3nc(Cc4ccccc4[N+](=O)[O-])ns3)CC2)cc1. The molecular formula is C21H22N6O3S2. The van der Waals surface area contributed by atoms with Crippen molar-refractivity contribution in [2.45, 2.75) is 11.3 Å². The molecule has 11 heteroatoms. The fraction of sp³-hybridized carbons (Fsp3) is 0.286. The maximum absolute atomic E-state index is 12.6. The summed E-state index contributed by atoms with van der Waals surface area (Å²) in [5.41, 5.74) is 1.44. The first-order valence-corrected chi connectivity index (χ1v) is 12.0. The minimum atomic E-state index is -0.385. The van der Waals surface area contributed by atoms with Gasteiger partial charge in [-0.25, -0.2) is 9.78 Å². The summed E-state index contributed by atoms with van der Waals surface area (Å²) in [4.78, 5) is 33.0. The monoisotopic (exact) mass is 470 g/mol. The lowest BCUT2D eigenvalue weighted by Crippen LogP contribution is -2.50. The van der Waals surface area contributed by atoms with Crippen LogP contribution in [0.25, 0.3) is 0 Å². The molecule has 9 nitrogen and oxygen atoms in total. The number of hydrogen-bond donors (Lipinski definition) is 1. The molecule has 0 saturated carbocycles. The smallest absolute Gasteiger partial charge is 0.321 e. The van der Waals surface area contributed by atoms with Crippen LogP contribution in [0.2, 0.25) is 0 Å². The third kappa shape index (κ3) is 5.17. The summed E-state index contributed by atoms with van der Waals surface area (Å²) in [5, 5.41) is 14.9. The number of carbonyl (C=O) groups is 1. The van der Waals surface area contributed by atoms with Crippen molar-refractivity contribution >= 4 is 45.8 Å². The molecule has 4 rings (SSSR count). The van der Waals surface area contributed by atoms with E-state index in [0.717, 1.165) is 15.7 Å². The third-order valence-electron chi connectivity index (χ3n) is 5.17. The lowest BCUT2D eigenvalue weighted by atomic mass is 10.1. The number of carbonyl (C=O) groups excluding carboxylic acids is 1. The molecule has 2 aromatic carbocycles. The molecule has 0 spiro atoms. The van der Waals surface area contributed by atoms with Crippen LogP contribution in [-0.2, 0) is 6.42 Å². The molecule has 1 aliphatic heterocycles. The Hall–Kier alpha value is -3.18. The zero-order chi connectivity index (χ0) is 22.5. The first-order chi connectivity index (χ1) is 15.5. The lowest BCUT2D eigenvalue weighted by Gasteiger charge is -2.34. The second kappa shape index (κ2) is 9.96. The number of thioether (sulfide) groups is 1. The zero-order valence-corrected chi connectivity index (χ0v) is 19.1. The molecule has 1 aromatic heterocycles. The highest BCUT2D eigenvalue weighted by Gasteiger charge is 2.24. The summed E-state index contributed by atoms with van der Waals surface area (Å²) in [6.45, 7) is 2.46. The average molecular weight is 471 g/mol. The normalized spacial score (nSPS) is 13.8. The van der Waals surface area contributed by atoms with Crippen LogP contribution in [0.15, 0.2) is 53.4 Å². The van der Waals surface area contributed by atoms with Crippen LogP contribution in [0, 0.1) is 10.1 Å². The molecule has 1 aliphatic rings. The maximum atomic E-state index is 12.6. The lowest BCUT2D eigenvalue weighted by molar-refractivity contribution is -0.385. The quantitative estimate of drug-likeness (QED) is 0.328. The van der Waals surface area contributed by atoms with Gasteiger partial charge in [0.25, 0.3) is 5.69 Å². The van der Waals surface area contributed by atoms with Gasteiger partial charge in [-0.15, -0.1) is 11.8 Å². The third-order valence-corrected chi connectivity index (χ3v) is 6.73. The Morgan fingerprint density at radius 2 is 1.88 bits per heavy atom. The van der Waals surface area contributed by atoms with Crippen LogP contribution in [0.4, 0.5) is 21.3 Å². The van der Waals surface area contributed by atoms with Gasteiger partial charge in [-0.05, 0) is 30.5 Å². The number of nitrogens with one attached hydrogen (secondary N) is 1. The highest BCUT2D eigenvalue weighted by Crippen LogP contribution is 2.24. The number of amides is 2. The number of benzene rings is 2. The van der Waals surface area contributed by atoms with E-state index in [9.17, 15) is 14.9 Å². The van der Waals surface area contributed by atoms with E-state index >= 15 is 0 Å². The summed E-state index contributed by atoms with van der Waals surface area (Å²) in [5.74, 6) is 0.563. The van der Waals surface area contributed by atoms with E-state index < -0.39 is 0 Å². The number of hydrogen-bond acceptors (Lipinski definition) is 8. The predicted octanol–water partition coefficient (Wildman–Crippen LogP) is 4.11. The van der Waals surface area contributed by atoms with E-state index in [1.165, 1.54) is 17.6 Å². The highest BCUT2D eigenvalue weighted by atomic mass is 32.2. The van der Waals surface area contributed by atoms with Crippen LogP contribution in [-0.4, -0.2) is 57.6 Å². The molecule has 166 valence electrons. The fourth-order valence-electron chi connectivity index (χ4n) is 3.43. The number of para-hydroxylation sites is 1. The molecule has 0 aliphatic carbocycles. The summed E-state index contributed by atoms with van der Waals surface area (Å²) < 4.78 is 4.38. The van der Waals surface area contributed by atoms with Gasteiger partial charge in [0, 0.05) is 66.3 Å². The van der Waals surface area contributed by atoms with Gasteiger partial charge < -0.3 is 15.1 Å². The van der Waals surface area contributed by atoms with E-state index in [0.29, 0.717) is 44.0 Å². The molecule has 0 atom stereocenters. The van der Waals surface area contributed by atoms with Gasteiger partial charge in [0.1, 0.15) is 5.82 Å². The van der Waals surface area contributed by atoms with Crippen molar-refractivity contribution in [3.8, 4) is 0 Å². The van der Waals surface area contributed by atoms with Crippen molar-refractivity contribution in [1.82, 2.24) is 14.3 Å². The molecule has 2 amide bonds. The van der Waals surface area contributed by atoms with Crippen molar-refractivity contribution in [3.05, 3.63) is 70.0 Å². The van der Waals surface area contributed by atoms with Gasteiger partial charge in [0.2, 0.25) is 5.13 Å². The van der Waals surface area contributed by atoms with E-state index in [4.69, 9.17) is 0 Å². The van der Waals surface area contributed by atoms with Gasteiger partial charge >= 0.3 is 6.03 Å². The second-order valence-corrected chi connectivity index (χ2v) is 8.80. The molecule has 1 N–H and O–H groups in total. The number of aromatic nitrogens is 2. The molecule has 1 saturated heterocycles. The molecular weight excluding hydrogens is 448 g/mol. The molecule has 3 aromatic rings. The Morgan fingerprint density at radius 3 is 2.56 bits per heavy atom. The van der Waals surface area contributed by atoms with E-state index in [1.807, 2.05) is 30.5 Å². The molecule has 2 heterocycles. The van der Waals surface area contributed by atoms with Crippen LogP contribution in [0.5, 0.6) is 0 Å². The fourth-order valence-corrected chi connectivity index (χ4v) is 4.58. The topological polar surface area (TPSA) is 105 Å². The zero-order valence-electron chi connectivity index (χ0n) is 17.4. The number of rotatable bonds is 6. The number of urea groups is 1. The van der Waals surface area contributed by atoms with Crippen LogP contribution in [0.1, 0.15) is 11.4 Å². The minimum absolute atomic E-state index is 0.0755. The van der Waals surface area contributed by atoms with Gasteiger partial charge in [-0.3, -0.25) is 10.1 Å². The van der Waals surface area contributed by atoms with Crippen molar-refractivity contribution in [1.29, 1.82) is 0 Å². The molecule has 0 bridgehead atoms. The Kier molecular flexibility index (Phi) is 6.86. The van der Waals surface area contributed by atoms with Crippen molar-refractivity contribution in [2.75, 3.05) is 42.7 Å². The van der Waals surface area contributed by atoms with E-state index in [-0.39, 0.29) is 16.6 Å². The standard InChI is InChI=1S/C21H22N6O3S2/c1-31-17-8-6-16(7-9-17)22-20(28)25-10-12-26(13-11-25)21-23-19(24-32-21)14-15-4-2-3-5-18(15)27(29)30/h2-9H,10-14H2,1H3,(H,22,28). The van der Waals surface area contributed by atoms with E-state index in [1.54, 1.807) is 34.9 Å². The van der Waals surface area contributed by atoms with Crippen molar-refractivity contribution in [2.24, 2.45) is 0 Å².